The van der Waals surface area contributed by atoms with Crippen LogP contribution >= 0.6 is 0 Å². The first-order valence-electron chi connectivity index (χ1n) is 10.0. The highest BCUT2D eigenvalue weighted by Gasteiger charge is 2.32. The summed E-state index contributed by atoms with van der Waals surface area (Å²) in [5, 5.41) is 2.80. The van der Waals surface area contributed by atoms with Gasteiger partial charge in [0.05, 0.1) is 0 Å². The van der Waals surface area contributed by atoms with E-state index in [0.717, 1.165) is 12.0 Å². The van der Waals surface area contributed by atoms with Crippen LogP contribution in [0, 0.1) is 0 Å². The van der Waals surface area contributed by atoms with E-state index in [1.165, 1.54) is 0 Å². The number of carbonyl (C=O) groups excluding carboxylic acids is 2. The molecule has 0 bridgehead atoms. The number of amides is 1. The number of hydrogen-bond donors (Lipinski definition) is 1. The molecule has 3 aromatic carbocycles. The zero-order valence-electron chi connectivity index (χ0n) is 17.4. The first-order chi connectivity index (χ1) is 14.9. The largest absolute Gasteiger partial charge is 0.483 e. The van der Waals surface area contributed by atoms with Crippen molar-refractivity contribution in [3.63, 3.8) is 0 Å². The summed E-state index contributed by atoms with van der Waals surface area (Å²) in [6.45, 7) is 3.78. The monoisotopic (exact) mass is 417 g/mol. The molecule has 0 fully saturated rings. The third-order valence-corrected chi connectivity index (χ3v) is 4.78. The van der Waals surface area contributed by atoms with E-state index in [0.29, 0.717) is 28.5 Å². The summed E-state index contributed by atoms with van der Waals surface area (Å²) in [5.41, 5.74) is 1.93. The molecule has 0 saturated carbocycles. The number of fused-ring (bicyclic) bond motifs is 1. The highest BCUT2D eigenvalue weighted by molar-refractivity contribution is 6.04. The summed E-state index contributed by atoms with van der Waals surface area (Å²) in [6, 6.07) is 21.1. The summed E-state index contributed by atoms with van der Waals surface area (Å²) in [6.07, 6.45) is 0.789. The molecule has 158 valence electrons. The van der Waals surface area contributed by atoms with Crippen molar-refractivity contribution in [2.45, 2.75) is 25.9 Å². The molecule has 0 atom stereocenters. The maximum atomic E-state index is 12.2. The van der Waals surface area contributed by atoms with Crippen LogP contribution in [-0.4, -0.2) is 24.1 Å². The lowest BCUT2D eigenvalue weighted by molar-refractivity contribution is -0.136. The zero-order valence-corrected chi connectivity index (χ0v) is 17.4. The Hall–Kier alpha value is -3.80. The quantitative estimate of drug-likeness (QED) is 0.467. The minimum Gasteiger partial charge on any atom is -0.483 e. The average molecular weight is 417 g/mol. The van der Waals surface area contributed by atoms with Crippen LogP contribution in [0.4, 0.5) is 5.69 Å². The van der Waals surface area contributed by atoms with Gasteiger partial charge in [0.15, 0.2) is 18.1 Å². The number of anilines is 1. The fraction of sp³-hybridized carbons (Fsp3) is 0.200. The number of esters is 1. The van der Waals surface area contributed by atoms with E-state index < -0.39 is 5.97 Å². The molecule has 4 rings (SSSR count). The Kier molecular flexibility index (Phi) is 5.62. The molecule has 0 spiro atoms. The second-order valence-corrected chi connectivity index (χ2v) is 7.89. The highest BCUT2D eigenvalue weighted by atomic mass is 16.6. The number of nitrogens with one attached hydrogen (secondary N) is 1. The lowest BCUT2D eigenvalue weighted by atomic mass is 10.0. The molecule has 0 aromatic heterocycles. The van der Waals surface area contributed by atoms with Gasteiger partial charge in [-0.15, -0.1) is 0 Å². The van der Waals surface area contributed by atoms with Gasteiger partial charge in [0.25, 0.3) is 5.91 Å². The highest BCUT2D eigenvalue weighted by Crippen LogP contribution is 2.41. The molecule has 0 aliphatic carbocycles. The van der Waals surface area contributed by atoms with Crippen LogP contribution in [0.2, 0.25) is 0 Å². The molecule has 0 radical (unpaired) electrons. The second kappa shape index (κ2) is 8.52. The Morgan fingerprint density at radius 1 is 0.968 bits per heavy atom. The minimum atomic E-state index is -0.532. The Bertz CT molecular complexity index is 1090. The van der Waals surface area contributed by atoms with Crippen molar-refractivity contribution in [1.82, 2.24) is 0 Å². The topological polar surface area (TPSA) is 73.9 Å². The maximum absolute atomic E-state index is 12.2. The molecule has 1 heterocycles. The molecule has 1 N–H and O–H groups in total. The van der Waals surface area contributed by atoms with Crippen molar-refractivity contribution in [1.29, 1.82) is 0 Å². The van der Waals surface area contributed by atoms with Gasteiger partial charge in [0.1, 0.15) is 11.4 Å². The summed E-state index contributed by atoms with van der Waals surface area (Å²) in [5.74, 6) is 0.829. The van der Waals surface area contributed by atoms with E-state index in [4.69, 9.17) is 14.2 Å². The van der Waals surface area contributed by atoms with Crippen LogP contribution in [0.25, 0.3) is 0 Å². The molecule has 6 heteroatoms. The van der Waals surface area contributed by atoms with Crippen molar-refractivity contribution < 1.29 is 23.8 Å². The third-order valence-electron chi connectivity index (χ3n) is 4.78. The van der Waals surface area contributed by atoms with Crippen LogP contribution in [0.5, 0.6) is 17.2 Å². The second-order valence-electron chi connectivity index (χ2n) is 7.89. The van der Waals surface area contributed by atoms with E-state index in [1.54, 1.807) is 54.6 Å². The first kappa shape index (κ1) is 20.5. The normalized spacial score (nSPS) is 13.6. The summed E-state index contributed by atoms with van der Waals surface area (Å²) >= 11 is 0. The molecule has 0 unspecified atom stereocenters. The van der Waals surface area contributed by atoms with Crippen LogP contribution in [0.1, 0.15) is 29.8 Å². The fourth-order valence-electron chi connectivity index (χ4n) is 3.40. The van der Waals surface area contributed by atoms with Crippen molar-refractivity contribution in [2.24, 2.45) is 0 Å². The molecule has 1 aliphatic heterocycles. The molecule has 3 aromatic rings. The third kappa shape index (κ3) is 5.04. The fourth-order valence-corrected chi connectivity index (χ4v) is 3.40. The Morgan fingerprint density at radius 3 is 2.45 bits per heavy atom. The van der Waals surface area contributed by atoms with Gasteiger partial charge in [0, 0.05) is 23.2 Å². The van der Waals surface area contributed by atoms with Crippen LogP contribution in [-0.2, 0) is 11.2 Å². The molecule has 1 aliphatic rings. The van der Waals surface area contributed by atoms with Gasteiger partial charge in [-0.3, -0.25) is 4.79 Å². The first-order valence-corrected chi connectivity index (χ1v) is 10.0. The van der Waals surface area contributed by atoms with E-state index in [9.17, 15) is 9.59 Å². The van der Waals surface area contributed by atoms with E-state index in [1.807, 2.05) is 32.0 Å². The number of hydrogen-bond acceptors (Lipinski definition) is 5. The van der Waals surface area contributed by atoms with Crippen molar-refractivity contribution in [2.75, 3.05) is 11.9 Å². The molecule has 6 nitrogen and oxygen atoms in total. The number of carbonyl (C=O) groups is 2. The standard InChI is InChI=1S/C25H23NO5/c1-25(2)15-18-9-6-10-21(23(18)31-25)29-16-22(27)30-20-13-11-19(12-14-20)26-24(28)17-7-4-3-5-8-17/h3-14H,15-16H2,1-2H3,(H,26,28). The van der Waals surface area contributed by atoms with E-state index >= 15 is 0 Å². The number of para-hydroxylation sites is 1. The van der Waals surface area contributed by atoms with Gasteiger partial charge >= 0.3 is 5.97 Å². The average Bonchev–Trinajstić information content (AvgIpc) is 3.08. The van der Waals surface area contributed by atoms with Crippen molar-refractivity contribution in [3.8, 4) is 17.2 Å². The van der Waals surface area contributed by atoms with Gasteiger partial charge in [0.2, 0.25) is 0 Å². The summed E-state index contributed by atoms with van der Waals surface area (Å²) < 4.78 is 16.9. The predicted molar refractivity (Wildman–Crippen MR) is 117 cm³/mol. The van der Waals surface area contributed by atoms with Gasteiger partial charge in [-0.25, -0.2) is 4.79 Å². The van der Waals surface area contributed by atoms with Gasteiger partial charge < -0.3 is 19.5 Å². The SMILES string of the molecule is CC1(C)Cc2cccc(OCC(=O)Oc3ccc(NC(=O)c4ccccc4)cc3)c2O1. The van der Waals surface area contributed by atoms with Gasteiger partial charge in [-0.2, -0.15) is 0 Å². The summed E-state index contributed by atoms with van der Waals surface area (Å²) in [4.78, 5) is 24.4. The Balaban J connectivity index is 1.31. The predicted octanol–water partition coefficient (Wildman–Crippen LogP) is 4.64. The Labute approximate surface area is 180 Å². The summed E-state index contributed by atoms with van der Waals surface area (Å²) in [7, 11) is 0. The number of benzene rings is 3. The smallest absolute Gasteiger partial charge is 0.349 e. The van der Waals surface area contributed by atoms with E-state index in [2.05, 4.69) is 5.32 Å². The minimum absolute atomic E-state index is 0.209. The van der Waals surface area contributed by atoms with Crippen LogP contribution < -0.4 is 19.5 Å². The van der Waals surface area contributed by atoms with Crippen LogP contribution in [0.15, 0.2) is 72.8 Å². The van der Waals surface area contributed by atoms with Gasteiger partial charge in [-0.05, 0) is 56.3 Å². The number of rotatable bonds is 6. The molecular weight excluding hydrogens is 394 g/mol. The Morgan fingerprint density at radius 2 is 1.71 bits per heavy atom. The lowest BCUT2D eigenvalue weighted by Crippen LogP contribution is -2.25. The zero-order chi connectivity index (χ0) is 21.8. The van der Waals surface area contributed by atoms with Crippen molar-refractivity contribution >= 4 is 17.6 Å². The molecule has 0 saturated heterocycles. The van der Waals surface area contributed by atoms with E-state index in [-0.39, 0.29) is 18.1 Å². The number of ether oxygens (including phenoxy) is 3. The van der Waals surface area contributed by atoms with Crippen molar-refractivity contribution in [3.05, 3.63) is 83.9 Å². The molecule has 1 amide bonds. The lowest BCUT2D eigenvalue weighted by Gasteiger charge is -2.18. The van der Waals surface area contributed by atoms with Crippen LogP contribution in [0.3, 0.4) is 0 Å². The maximum Gasteiger partial charge on any atom is 0.349 e. The molecular formula is C25H23NO5. The molecule has 31 heavy (non-hydrogen) atoms. The van der Waals surface area contributed by atoms with Gasteiger partial charge in [-0.1, -0.05) is 30.3 Å².